The predicted molar refractivity (Wildman–Crippen MR) is 137 cm³/mol. The lowest BCUT2D eigenvalue weighted by Crippen LogP contribution is -2.64. The molecule has 178 valence electrons. The number of nitrogens with zero attached hydrogens (tertiary/aromatic N) is 1. The molecule has 4 nitrogen and oxygen atoms in total. The van der Waals surface area contributed by atoms with Crippen LogP contribution in [0, 0.1) is 11.8 Å². The number of thiophene rings is 1. The topological polar surface area (TPSA) is 43.4 Å². The molecule has 0 radical (unpaired) electrons. The van der Waals surface area contributed by atoms with E-state index in [-0.39, 0.29) is 31.2 Å². The molecular formula is C29H34NO3S+. The van der Waals surface area contributed by atoms with Crippen LogP contribution in [0.2, 0.25) is 0 Å². The van der Waals surface area contributed by atoms with Crippen LogP contribution in [0.3, 0.4) is 0 Å². The van der Waals surface area contributed by atoms with Gasteiger partial charge in [0.15, 0.2) is 0 Å². The first-order valence-corrected chi connectivity index (χ1v) is 12.7. The maximum atomic E-state index is 13.5. The molecule has 3 aromatic rings. The summed E-state index contributed by atoms with van der Waals surface area (Å²) < 4.78 is 6.95. The normalized spacial score (nSPS) is 24.1. The standard InChI is InChI=1S/C28H30NO3S.CH4/c30-25(27-12-7-17-33-27)20-29-15-13-22(14-16-29)24(19-29)28(31)32-26(23-10-5-2-6-11-23)18-21-8-3-1-4-9-21;/h1-12,17,22,24,26H,13-16,18-20H2;1H4/q+1;. The van der Waals surface area contributed by atoms with Crippen LogP contribution in [-0.2, 0) is 16.0 Å². The predicted octanol–water partition coefficient (Wildman–Crippen LogP) is 5.95. The third-order valence-electron chi connectivity index (χ3n) is 7.37. The number of piperidine rings is 3. The number of carbonyl (C=O) groups excluding carboxylic acids is 2. The van der Waals surface area contributed by atoms with E-state index in [1.54, 1.807) is 0 Å². The summed E-state index contributed by atoms with van der Waals surface area (Å²) in [7, 11) is 0. The van der Waals surface area contributed by atoms with E-state index in [9.17, 15) is 9.59 Å². The molecule has 5 heteroatoms. The Balaban J connectivity index is 0.00000274. The van der Waals surface area contributed by atoms with Crippen LogP contribution >= 0.6 is 11.3 Å². The van der Waals surface area contributed by atoms with Crippen LogP contribution in [0.1, 0.15) is 47.2 Å². The minimum atomic E-state index is -0.308. The van der Waals surface area contributed by atoms with Crippen LogP contribution in [0.5, 0.6) is 0 Å². The van der Waals surface area contributed by atoms with E-state index in [1.807, 2.05) is 66.0 Å². The van der Waals surface area contributed by atoms with Gasteiger partial charge < -0.3 is 9.22 Å². The third-order valence-corrected chi connectivity index (χ3v) is 8.28. The third kappa shape index (κ3) is 5.31. The molecule has 0 amide bonds. The molecule has 0 spiro atoms. The zero-order valence-electron chi connectivity index (χ0n) is 18.8. The number of benzene rings is 2. The fourth-order valence-corrected chi connectivity index (χ4v) is 6.20. The summed E-state index contributed by atoms with van der Waals surface area (Å²) in [5.41, 5.74) is 2.17. The van der Waals surface area contributed by atoms with E-state index in [4.69, 9.17) is 4.74 Å². The van der Waals surface area contributed by atoms with Crippen molar-refractivity contribution in [2.45, 2.75) is 32.8 Å². The van der Waals surface area contributed by atoms with Crippen molar-refractivity contribution < 1.29 is 18.8 Å². The van der Waals surface area contributed by atoms with E-state index in [2.05, 4.69) is 12.1 Å². The van der Waals surface area contributed by atoms with Crippen molar-refractivity contribution in [3.05, 3.63) is 94.2 Å². The Morgan fingerprint density at radius 3 is 2.26 bits per heavy atom. The van der Waals surface area contributed by atoms with Gasteiger partial charge in [-0.3, -0.25) is 9.59 Å². The van der Waals surface area contributed by atoms with Gasteiger partial charge in [0, 0.05) is 19.3 Å². The molecule has 0 saturated carbocycles. The van der Waals surface area contributed by atoms with Crippen molar-refractivity contribution in [3.8, 4) is 0 Å². The van der Waals surface area contributed by atoms with Crippen molar-refractivity contribution >= 4 is 23.1 Å². The first-order valence-electron chi connectivity index (χ1n) is 11.8. The Hall–Kier alpha value is -2.76. The number of fused-ring (bicyclic) bond motifs is 3. The molecule has 2 atom stereocenters. The molecule has 3 saturated heterocycles. The number of hydrogen-bond donors (Lipinski definition) is 0. The fraction of sp³-hybridized carbons (Fsp3) is 0.379. The van der Waals surface area contributed by atoms with Gasteiger partial charge in [0.25, 0.3) is 0 Å². The first kappa shape index (κ1) is 24.4. The molecule has 3 aliphatic heterocycles. The molecule has 6 rings (SSSR count). The van der Waals surface area contributed by atoms with Gasteiger partial charge in [-0.1, -0.05) is 74.2 Å². The lowest BCUT2D eigenvalue weighted by Gasteiger charge is -2.51. The number of hydrogen-bond acceptors (Lipinski definition) is 4. The molecule has 2 aromatic carbocycles. The van der Waals surface area contributed by atoms with Crippen molar-refractivity contribution in [2.24, 2.45) is 11.8 Å². The SMILES string of the molecule is C.O=C(C[N+]12CCC(CC1)C(C(=O)OC(Cc1ccccc1)c1ccccc1)C2)c1cccs1. The van der Waals surface area contributed by atoms with Crippen molar-refractivity contribution in [1.29, 1.82) is 0 Å². The summed E-state index contributed by atoms with van der Waals surface area (Å²) >= 11 is 1.50. The Kier molecular flexibility index (Phi) is 7.64. The second-order valence-corrected chi connectivity index (χ2v) is 10.4. The molecule has 1 aromatic heterocycles. The number of rotatable bonds is 8. The largest absolute Gasteiger partial charge is 0.457 e. The molecule has 2 unspecified atom stereocenters. The summed E-state index contributed by atoms with van der Waals surface area (Å²) in [6, 6.07) is 24.1. The Morgan fingerprint density at radius 2 is 1.62 bits per heavy atom. The average molecular weight is 477 g/mol. The summed E-state index contributed by atoms with van der Waals surface area (Å²) in [4.78, 5) is 27.2. The summed E-state index contributed by atoms with van der Waals surface area (Å²) in [5, 5.41) is 1.95. The van der Waals surface area contributed by atoms with Crippen LogP contribution in [-0.4, -0.2) is 42.4 Å². The van der Waals surface area contributed by atoms with Crippen molar-refractivity contribution in [1.82, 2.24) is 0 Å². The molecule has 4 heterocycles. The zero-order chi connectivity index (χ0) is 22.7. The fourth-order valence-electron chi connectivity index (χ4n) is 5.55. The van der Waals surface area contributed by atoms with Crippen LogP contribution < -0.4 is 0 Å². The van der Waals surface area contributed by atoms with E-state index in [1.165, 1.54) is 11.3 Å². The molecular weight excluding hydrogens is 442 g/mol. The number of esters is 1. The number of quaternary nitrogens is 1. The zero-order valence-corrected chi connectivity index (χ0v) is 19.6. The highest BCUT2D eigenvalue weighted by atomic mass is 32.1. The highest BCUT2D eigenvalue weighted by Gasteiger charge is 2.50. The van der Waals surface area contributed by atoms with Crippen molar-refractivity contribution in [2.75, 3.05) is 26.2 Å². The Morgan fingerprint density at radius 1 is 0.941 bits per heavy atom. The molecule has 3 aliphatic rings. The van der Waals surface area contributed by atoms with Gasteiger partial charge >= 0.3 is 5.97 Å². The van der Waals surface area contributed by atoms with Gasteiger partial charge in [0.2, 0.25) is 5.78 Å². The quantitative estimate of drug-likeness (QED) is 0.229. The van der Waals surface area contributed by atoms with Gasteiger partial charge in [-0.2, -0.15) is 0 Å². The van der Waals surface area contributed by atoms with Crippen LogP contribution in [0.15, 0.2) is 78.2 Å². The molecule has 34 heavy (non-hydrogen) atoms. The highest BCUT2D eigenvalue weighted by Crippen LogP contribution is 2.39. The van der Waals surface area contributed by atoms with Gasteiger partial charge in [0.05, 0.1) is 24.5 Å². The minimum absolute atomic E-state index is 0. The lowest BCUT2D eigenvalue weighted by molar-refractivity contribution is -0.938. The maximum absolute atomic E-state index is 13.5. The van der Waals surface area contributed by atoms with Gasteiger partial charge in [-0.25, -0.2) is 0 Å². The van der Waals surface area contributed by atoms with E-state index in [0.717, 1.165) is 46.4 Å². The highest BCUT2D eigenvalue weighted by molar-refractivity contribution is 7.12. The number of carbonyl (C=O) groups is 2. The Bertz CT molecular complexity index is 1070. The number of ketones is 1. The van der Waals surface area contributed by atoms with Crippen LogP contribution in [0.25, 0.3) is 0 Å². The number of Topliss-reactive ketones (excluding diaryl/α,β-unsaturated/α-hetero) is 1. The molecule has 0 aliphatic carbocycles. The van der Waals surface area contributed by atoms with Gasteiger partial charge in [0.1, 0.15) is 18.6 Å². The maximum Gasteiger partial charge on any atom is 0.315 e. The molecule has 0 N–H and O–H groups in total. The van der Waals surface area contributed by atoms with E-state index >= 15 is 0 Å². The van der Waals surface area contributed by atoms with Crippen molar-refractivity contribution in [3.63, 3.8) is 0 Å². The Labute approximate surface area is 206 Å². The monoisotopic (exact) mass is 476 g/mol. The minimum Gasteiger partial charge on any atom is -0.457 e. The second kappa shape index (κ2) is 10.7. The smallest absolute Gasteiger partial charge is 0.315 e. The number of ether oxygens (including phenoxy) is 1. The average Bonchev–Trinajstić information content (AvgIpc) is 3.41. The summed E-state index contributed by atoms with van der Waals surface area (Å²) in [6.07, 6.45) is 2.33. The first-order chi connectivity index (χ1) is 16.1. The van der Waals surface area contributed by atoms with Gasteiger partial charge in [-0.05, 0) is 28.5 Å². The molecule has 2 bridgehead atoms. The van der Waals surface area contributed by atoms with E-state index in [0.29, 0.717) is 25.4 Å². The van der Waals surface area contributed by atoms with Gasteiger partial charge in [-0.15, -0.1) is 11.3 Å². The summed E-state index contributed by atoms with van der Waals surface area (Å²) in [5.74, 6) is 0.326. The van der Waals surface area contributed by atoms with Crippen LogP contribution in [0.4, 0.5) is 0 Å². The molecule has 3 fully saturated rings. The summed E-state index contributed by atoms with van der Waals surface area (Å²) in [6.45, 7) is 3.17. The second-order valence-electron chi connectivity index (χ2n) is 9.50. The lowest BCUT2D eigenvalue weighted by atomic mass is 9.77. The van der Waals surface area contributed by atoms with E-state index < -0.39 is 0 Å².